The van der Waals surface area contributed by atoms with Crippen LogP contribution in [0.25, 0.3) is 10.6 Å². The van der Waals surface area contributed by atoms with Gasteiger partial charge >= 0.3 is 0 Å². The van der Waals surface area contributed by atoms with Crippen LogP contribution in [-0.4, -0.2) is 58.0 Å². The normalized spacial score (nSPS) is 14.8. The van der Waals surface area contributed by atoms with E-state index in [1.807, 2.05) is 36.9 Å². The van der Waals surface area contributed by atoms with Gasteiger partial charge in [0.15, 0.2) is 0 Å². The quantitative estimate of drug-likeness (QED) is 0.542. The molecule has 1 aromatic carbocycles. The Morgan fingerprint density at radius 1 is 1.19 bits per heavy atom. The van der Waals surface area contributed by atoms with Crippen LogP contribution in [0.15, 0.2) is 48.0 Å². The highest BCUT2D eigenvalue weighted by Gasteiger charge is 2.24. The third kappa shape index (κ3) is 5.42. The molecule has 1 aliphatic rings. The number of benzene rings is 1. The Hall–Kier alpha value is -2.48. The Morgan fingerprint density at radius 2 is 1.94 bits per heavy atom. The van der Waals surface area contributed by atoms with Crippen LogP contribution in [0, 0.1) is 0 Å². The Kier molecular flexibility index (Phi) is 6.85. The van der Waals surface area contributed by atoms with Gasteiger partial charge in [-0.25, -0.2) is 9.97 Å². The zero-order chi connectivity index (χ0) is 21.8. The number of rotatable bonds is 6. The predicted molar refractivity (Wildman–Crippen MR) is 124 cm³/mol. The van der Waals surface area contributed by atoms with E-state index >= 15 is 0 Å². The van der Waals surface area contributed by atoms with Crippen LogP contribution in [-0.2, 0) is 6.54 Å². The average molecular weight is 457 g/mol. The monoisotopic (exact) mass is 456 g/mol. The third-order valence-electron chi connectivity index (χ3n) is 5.02. The maximum atomic E-state index is 12.9. The second kappa shape index (κ2) is 9.77. The molecule has 31 heavy (non-hydrogen) atoms. The number of thiazole rings is 1. The van der Waals surface area contributed by atoms with Gasteiger partial charge in [0.2, 0.25) is 5.88 Å². The van der Waals surface area contributed by atoms with E-state index in [2.05, 4.69) is 27.4 Å². The number of halogens is 1. The van der Waals surface area contributed by atoms with Gasteiger partial charge in [0.05, 0.1) is 17.4 Å². The smallest absolute Gasteiger partial charge is 0.255 e. The van der Waals surface area contributed by atoms with Gasteiger partial charge in [0.25, 0.3) is 5.91 Å². The van der Waals surface area contributed by atoms with Gasteiger partial charge in [-0.1, -0.05) is 41.9 Å². The summed E-state index contributed by atoms with van der Waals surface area (Å²) in [6.07, 6.45) is 1.51. The van der Waals surface area contributed by atoms with Gasteiger partial charge in [0.1, 0.15) is 10.0 Å². The second-order valence-electron chi connectivity index (χ2n) is 7.76. The summed E-state index contributed by atoms with van der Waals surface area (Å²) in [6.45, 7) is 7.54. The average Bonchev–Trinajstić information content (AvgIpc) is 3.24. The predicted octanol–water partition coefficient (Wildman–Crippen LogP) is 4.60. The molecule has 3 heterocycles. The molecule has 1 amide bonds. The molecule has 0 N–H and O–H groups in total. The number of aromatic nitrogens is 2. The van der Waals surface area contributed by atoms with E-state index in [1.54, 1.807) is 23.6 Å². The Morgan fingerprint density at radius 3 is 2.61 bits per heavy atom. The molecule has 0 bridgehead atoms. The highest BCUT2D eigenvalue weighted by molar-refractivity contribution is 7.13. The van der Waals surface area contributed by atoms with Crippen LogP contribution in [0.5, 0.6) is 5.88 Å². The summed E-state index contributed by atoms with van der Waals surface area (Å²) in [5, 5.41) is 3.52. The van der Waals surface area contributed by atoms with Gasteiger partial charge in [-0.05, 0) is 19.9 Å². The number of nitrogens with zero attached hydrogens (tertiary/aromatic N) is 4. The van der Waals surface area contributed by atoms with Crippen molar-refractivity contribution in [3.63, 3.8) is 0 Å². The standard InChI is InChI=1S/C23H25ClN4O2S/c1-16(2)30-21-20(24)12-18(13-25-21)23(29)28-10-8-27(9-11-28)14-19-15-31-22(26-19)17-6-4-3-5-7-17/h3-7,12-13,15-16H,8-11,14H2,1-2H3. The van der Waals surface area contributed by atoms with Crippen LogP contribution < -0.4 is 4.74 Å². The van der Waals surface area contributed by atoms with Crippen LogP contribution in [0.3, 0.4) is 0 Å². The maximum Gasteiger partial charge on any atom is 0.255 e. The molecule has 2 aromatic heterocycles. The van der Waals surface area contributed by atoms with Gasteiger partial charge in [-0.2, -0.15) is 0 Å². The van der Waals surface area contributed by atoms with Crippen molar-refractivity contribution in [2.24, 2.45) is 0 Å². The lowest BCUT2D eigenvalue weighted by atomic mass is 10.2. The Labute approximate surface area is 191 Å². The largest absolute Gasteiger partial charge is 0.474 e. The van der Waals surface area contributed by atoms with Crippen LogP contribution in [0.2, 0.25) is 5.02 Å². The van der Waals surface area contributed by atoms with E-state index in [1.165, 1.54) is 0 Å². The topological polar surface area (TPSA) is 58.6 Å². The van der Waals surface area contributed by atoms with Crippen molar-refractivity contribution < 1.29 is 9.53 Å². The molecule has 0 radical (unpaired) electrons. The van der Waals surface area contributed by atoms with E-state index < -0.39 is 0 Å². The van der Waals surface area contributed by atoms with Crippen molar-refractivity contribution in [3.05, 3.63) is 64.3 Å². The summed E-state index contributed by atoms with van der Waals surface area (Å²) in [6, 6.07) is 11.9. The number of carbonyl (C=O) groups excluding carboxylic acids is 1. The first kappa shape index (κ1) is 21.7. The van der Waals surface area contributed by atoms with Crippen molar-refractivity contribution in [2.45, 2.75) is 26.5 Å². The summed E-state index contributed by atoms with van der Waals surface area (Å²) in [4.78, 5) is 26.0. The zero-order valence-corrected chi connectivity index (χ0v) is 19.2. The fourth-order valence-corrected chi connectivity index (χ4v) is 4.49. The van der Waals surface area contributed by atoms with E-state index in [9.17, 15) is 4.79 Å². The van der Waals surface area contributed by atoms with Crippen LogP contribution in [0.1, 0.15) is 29.9 Å². The van der Waals surface area contributed by atoms with Crippen LogP contribution in [0.4, 0.5) is 0 Å². The summed E-state index contributed by atoms with van der Waals surface area (Å²) < 4.78 is 5.55. The summed E-state index contributed by atoms with van der Waals surface area (Å²) >= 11 is 7.91. The SMILES string of the molecule is CC(C)Oc1ncc(C(=O)N2CCN(Cc3csc(-c4ccccc4)n3)CC2)cc1Cl. The van der Waals surface area contributed by atoms with Crippen molar-refractivity contribution in [2.75, 3.05) is 26.2 Å². The van der Waals surface area contributed by atoms with Crippen molar-refractivity contribution in [1.29, 1.82) is 0 Å². The van der Waals surface area contributed by atoms with Crippen molar-refractivity contribution >= 4 is 28.8 Å². The van der Waals surface area contributed by atoms with Crippen molar-refractivity contribution in [1.82, 2.24) is 19.8 Å². The minimum atomic E-state index is -0.0508. The molecule has 1 saturated heterocycles. The molecule has 0 atom stereocenters. The molecule has 0 unspecified atom stereocenters. The molecular weight excluding hydrogens is 432 g/mol. The number of piperazine rings is 1. The Balaban J connectivity index is 1.32. The molecule has 8 heteroatoms. The summed E-state index contributed by atoms with van der Waals surface area (Å²) in [7, 11) is 0. The minimum absolute atomic E-state index is 0.0267. The van der Waals surface area contributed by atoms with E-state index in [4.69, 9.17) is 21.3 Å². The highest BCUT2D eigenvalue weighted by atomic mass is 35.5. The van der Waals surface area contributed by atoms with Crippen molar-refractivity contribution in [3.8, 4) is 16.5 Å². The third-order valence-corrected chi connectivity index (χ3v) is 6.23. The van der Waals surface area contributed by atoms with E-state index in [0.29, 0.717) is 29.6 Å². The highest BCUT2D eigenvalue weighted by Crippen LogP contribution is 2.25. The van der Waals surface area contributed by atoms with Gasteiger partial charge in [0, 0.05) is 49.9 Å². The first-order valence-corrected chi connectivity index (χ1v) is 11.6. The molecule has 1 aliphatic heterocycles. The van der Waals surface area contributed by atoms with E-state index in [-0.39, 0.29) is 12.0 Å². The lowest BCUT2D eigenvalue weighted by Gasteiger charge is -2.34. The molecule has 0 aliphatic carbocycles. The van der Waals surface area contributed by atoms with E-state index in [0.717, 1.165) is 35.9 Å². The van der Waals surface area contributed by atoms with Gasteiger partial charge < -0.3 is 9.64 Å². The summed E-state index contributed by atoms with van der Waals surface area (Å²) in [5.41, 5.74) is 2.70. The summed E-state index contributed by atoms with van der Waals surface area (Å²) in [5.74, 6) is 0.307. The Bertz CT molecular complexity index is 1030. The number of ether oxygens (including phenoxy) is 1. The maximum absolute atomic E-state index is 12.9. The number of hydrogen-bond acceptors (Lipinski definition) is 6. The fraction of sp³-hybridized carbons (Fsp3) is 0.348. The lowest BCUT2D eigenvalue weighted by Crippen LogP contribution is -2.48. The first-order valence-electron chi connectivity index (χ1n) is 10.3. The van der Waals surface area contributed by atoms with Crippen LogP contribution >= 0.6 is 22.9 Å². The fourth-order valence-electron chi connectivity index (χ4n) is 3.47. The second-order valence-corrected chi connectivity index (χ2v) is 9.02. The molecule has 3 aromatic rings. The minimum Gasteiger partial charge on any atom is -0.474 e. The molecule has 1 fully saturated rings. The molecule has 4 rings (SSSR count). The molecule has 6 nitrogen and oxygen atoms in total. The zero-order valence-electron chi connectivity index (χ0n) is 17.6. The molecule has 0 spiro atoms. The number of pyridine rings is 1. The number of amides is 1. The lowest BCUT2D eigenvalue weighted by molar-refractivity contribution is 0.0627. The first-order chi connectivity index (χ1) is 15.0. The molecular formula is C23H25ClN4O2S. The molecule has 0 saturated carbocycles. The molecule has 162 valence electrons. The van der Waals surface area contributed by atoms with Gasteiger partial charge in [-0.15, -0.1) is 11.3 Å². The van der Waals surface area contributed by atoms with Gasteiger partial charge in [-0.3, -0.25) is 9.69 Å². The number of carbonyl (C=O) groups is 1. The number of hydrogen-bond donors (Lipinski definition) is 0.